The van der Waals surface area contributed by atoms with Crippen molar-refractivity contribution in [1.82, 2.24) is 15.2 Å². The van der Waals surface area contributed by atoms with Gasteiger partial charge in [0.2, 0.25) is 5.91 Å². The number of amides is 1. The van der Waals surface area contributed by atoms with Gasteiger partial charge >= 0.3 is 0 Å². The monoisotopic (exact) mass is 241 g/mol. The lowest BCUT2D eigenvalue weighted by atomic mass is 10.3. The van der Waals surface area contributed by atoms with Crippen molar-refractivity contribution in [1.29, 1.82) is 0 Å². The molecular formula is C11H19N3OS. The number of aryl methyl sites for hydroxylation is 1. The highest BCUT2D eigenvalue weighted by Crippen LogP contribution is 2.18. The van der Waals surface area contributed by atoms with Gasteiger partial charge in [-0.3, -0.25) is 10.1 Å². The van der Waals surface area contributed by atoms with Crippen LogP contribution < -0.4 is 5.32 Å². The summed E-state index contributed by atoms with van der Waals surface area (Å²) >= 11 is 1.66. The molecule has 90 valence electrons. The summed E-state index contributed by atoms with van der Waals surface area (Å²) < 4.78 is 0. The SMILES string of the molecule is CCN(C)C(=O)CNC(C)c1ncc(C)s1. The molecule has 1 heterocycles. The highest BCUT2D eigenvalue weighted by molar-refractivity contribution is 7.11. The molecule has 0 aliphatic heterocycles. The summed E-state index contributed by atoms with van der Waals surface area (Å²) in [5.41, 5.74) is 0. The summed E-state index contributed by atoms with van der Waals surface area (Å²) in [5, 5.41) is 4.22. The van der Waals surface area contributed by atoms with Crippen LogP contribution in [0.3, 0.4) is 0 Å². The Kier molecular flexibility index (Phi) is 4.89. The van der Waals surface area contributed by atoms with Gasteiger partial charge < -0.3 is 4.90 Å². The topological polar surface area (TPSA) is 45.2 Å². The summed E-state index contributed by atoms with van der Waals surface area (Å²) in [4.78, 5) is 18.7. The third kappa shape index (κ3) is 3.57. The first-order valence-electron chi connectivity index (χ1n) is 5.44. The van der Waals surface area contributed by atoms with Crippen LogP contribution in [0, 0.1) is 6.92 Å². The van der Waals surface area contributed by atoms with Crippen LogP contribution in [0.2, 0.25) is 0 Å². The molecule has 1 atom stereocenters. The zero-order chi connectivity index (χ0) is 12.1. The Balaban J connectivity index is 2.41. The van der Waals surface area contributed by atoms with E-state index in [2.05, 4.69) is 10.3 Å². The van der Waals surface area contributed by atoms with Crippen molar-refractivity contribution in [3.63, 3.8) is 0 Å². The summed E-state index contributed by atoms with van der Waals surface area (Å²) in [7, 11) is 1.81. The Morgan fingerprint density at radius 3 is 2.88 bits per heavy atom. The molecule has 1 aromatic rings. The summed E-state index contributed by atoms with van der Waals surface area (Å²) in [5.74, 6) is 0.114. The molecule has 0 fully saturated rings. The standard InChI is InChI=1S/C11H19N3OS/c1-5-14(4)10(15)7-12-9(3)11-13-6-8(2)16-11/h6,9,12H,5,7H2,1-4H3. The van der Waals surface area contributed by atoms with Gasteiger partial charge in [-0.25, -0.2) is 4.98 Å². The van der Waals surface area contributed by atoms with Crippen molar-refractivity contribution < 1.29 is 4.79 Å². The molecule has 0 radical (unpaired) electrons. The van der Waals surface area contributed by atoms with E-state index >= 15 is 0 Å². The Labute approximate surface area is 101 Å². The van der Waals surface area contributed by atoms with Gasteiger partial charge in [0.15, 0.2) is 0 Å². The highest BCUT2D eigenvalue weighted by atomic mass is 32.1. The predicted molar refractivity (Wildman–Crippen MR) is 66.6 cm³/mol. The van der Waals surface area contributed by atoms with Crippen molar-refractivity contribution in [3.05, 3.63) is 16.1 Å². The summed E-state index contributed by atoms with van der Waals surface area (Å²) in [6, 6.07) is 0.132. The van der Waals surface area contributed by atoms with Gasteiger partial charge in [-0.15, -0.1) is 11.3 Å². The van der Waals surface area contributed by atoms with Crippen LogP contribution in [-0.4, -0.2) is 35.9 Å². The molecule has 1 rings (SSSR count). The van der Waals surface area contributed by atoms with Crippen molar-refractivity contribution in [2.45, 2.75) is 26.8 Å². The fourth-order valence-corrected chi connectivity index (χ4v) is 2.01. The van der Waals surface area contributed by atoms with Crippen LogP contribution in [0.1, 0.15) is 29.8 Å². The smallest absolute Gasteiger partial charge is 0.236 e. The van der Waals surface area contributed by atoms with Crippen LogP contribution >= 0.6 is 11.3 Å². The Morgan fingerprint density at radius 2 is 2.38 bits per heavy atom. The first-order valence-corrected chi connectivity index (χ1v) is 6.26. The van der Waals surface area contributed by atoms with Crippen LogP contribution in [0.25, 0.3) is 0 Å². The molecule has 0 spiro atoms. The number of likely N-dealkylation sites (N-methyl/N-ethyl adjacent to an activating group) is 1. The van der Waals surface area contributed by atoms with Gasteiger partial charge in [-0.2, -0.15) is 0 Å². The number of hydrogen-bond acceptors (Lipinski definition) is 4. The minimum absolute atomic E-state index is 0.114. The maximum Gasteiger partial charge on any atom is 0.236 e. The van der Waals surface area contributed by atoms with Crippen LogP contribution in [0.5, 0.6) is 0 Å². The number of aromatic nitrogens is 1. The number of thiazole rings is 1. The number of nitrogens with one attached hydrogen (secondary N) is 1. The first kappa shape index (κ1) is 13.1. The van der Waals surface area contributed by atoms with Gasteiger partial charge in [-0.1, -0.05) is 0 Å². The highest BCUT2D eigenvalue weighted by Gasteiger charge is 2.12. The molecule has 0 bridgehead atoms. The molecule has 0 saturated carbocycles. The maximum atomic E-state index is 11.6. The number of carbonyl (C=O) groups is 1. The molecule has 0 aliphatic rings. The average Bonchev–Trinajstić information content (AvgIpc) is 2.71. The third-order valence-corrected chi connectivity index (χ3v) is 3.56. The van der Waals surface area contributed by atoms with Gasteiger partial charge in [0.1, 0.15) is 5.01 Å². The molecule has 5 heteroatoms. The molecule has 1 N–H and O–H groups in total. The molecule has 0 aromatic carbocycles. The zero-order valence-corrected chi connectivity index (χ0v) is 11.1. The Morgan fingerprint density at radius 1 is 1.69 bits per heavy atom. The second-order valence-corrected chi connectivity index (χ2v) is 5.09. The molecular weight excluding hydrogens is 222 g/mol. The average molecular weight is 241 g/mol. The van der Waals surface area contributed by atoms with E-state index in [1.165, 1.54) is 4.88 Å². The predicted octanol–water partition coefficient (Wildman–Crippen LogP) is 1.58. The van der Waals surface area contributed by atoms with Gasteiger partial charge in [0.25, 0.3) is 0 Å². The minimum atomic E-state index is 0.114. The quantitative estimate of drug-likeness (QED) is 0.851. The van der Waals surface area contributed by atoms with E-state index in [0.717, 1.165) is 11.6 Å². The number of rotatable bonds is 5. The van der Waals surface area contributed by atoms with Crippen molar-refractivity contribution in [3.8, 4) is 0 Å². The Bertz CT molecular complexity index is 351. The normalized spacial score (nSPS) is 12.5. The molecule has 1 amide bonds. The van der Waals surface area contributed by atoms with E-state index in [1.54, 1.807) is 16.2 Å². The molecule has 0 aliphatic carbocycles. The van der Waals surface area contributed by atoms with Crippen LogP contribution in [0.4, 0.5) is 0 Å². The van der Waals surface area contributed by atoms with E-state index in [4.69, 9.17) is 0 Å². The molecule has 1 aromatic heterocycles. The lowest BCUT2D eigenvalue weighted by Gasteiger charge is -2.16. The zero-order valence-electron chi connectivity index (χ0n) is 10.3. The summed E-state index contributed by atoms with van der Waals surface area (Å²) in [6.45, 7) is 7.13. The third-order valence-electron chi connectivity index (χ3n) is 2.47. The Hall–Kier alpha value is -0.940. The van der Waals surface area contributed by atoms with Crippen molar-refractivity contribution >= 4 is 17.2 Å². The van der Waals surface area contributed by atoms with Gasteiger partial charge in [0, 0.05) is 24.7 Å². The number of carbonyl (C=O) groups excluding carboxylic acids is 1. The van der Waals surface area contributed by atoms with E-state index in [9.17, 15) is 4.79 Å². The van der Waals surface area contributed by atoms with E-state index in [-0.39, 0.29) is 11.9 Å². The van der Waals surface area contributed by atoms with Gasteiger partial charge in [0.05, 0.1) is 12.6 Å². The fraction of sp³-hybridized carbons (Fsp3) is 0.636. The van der Waals surface area contributed by atoms with Gasteiger partial charge in [-0.05, 0) is 20.8 Å². The number of nitrogens with zero attached hydrogens (tertiary/aromatic N) is 2. The lowest BCUT2D eigenvalue weighted by molar-refractivity contribution is -0.128. The maximum absolute atomic E-state index is 11.6. The molecule has 0 saturated heterocycles. The first-order chi connectivity index (χ1) is 7.54. The van der Waals surface area contributed by atoms with Crippen molar-refractivity contribution in [2.24, 2.45) is 0 Å². The van der Waals surface area contributed by atoms with E-state index in [1.807, 2.05) is 34.0 Å². The molecule has 4 nitrogen and oxygen atoms in total. The van der Waals surface area contributed by atoms with E-state index < -0.39 is 0 Å². The minimum Gasteiger partial charge on any atom is -0.345 e. The van der Waals surface area contributed by atoms with Crippen LogP contribution in [0.15, 0.2) is 6.20 Å². The summed E-state index contributed by atoms with van der Waals surface area (Å²) in [6.07, 6.45) is 1.86. The van der Waals surface area contributed by atoms with Crippen LogP contribution in [-0.2, 0) is 4.79 Å². The van der Waals surface area contributed by atoms with E-state index in [0.29, 0.717) is 6.54 Å². The molecule has 16 heavy (non-hydrogen) atoms. The molecule has 1 unspecified atom stereocenters. The lowest BCUT2D eigenvalue weighted by Crippen LogP contribution is -2.36. The fourth-order valence-electron chi connectivity index (χ4n) is 1.21. The second kappa shape index (κ2) is 5.96. The largest absolute Gasteiger partial charge is 0.345 e. The van der Waals surface area contributed by atoms with Crippen molar-refractivity contribution in [2.75, 3.05) is 20.1 Å². The second-order valence-electron chi connectivity index (χ2n) is 3.82. The number of hydrogen-bond donors (Lipinski definition) is 1.